The monoisotopic (exact) mass is 163 g/mol. The molecule has 62 valence electrons. The first-order valence-corrected chi connectivity index (χ1v) is 3.67. The Morgan fingerprint density at radius 1 is 1.42 bits per heavy atom. The van der Waals surface area contributed by atoms with E-state index in [1.165, 1.54) is 0 Å². The van der Waals surface area contributed by atoms with E-state index in [0.717, 1.165) is 17.5 Å². The number of hydrogen-bond donors (Lipinski definition) is 1. The Morgan fingerprint density at radius 3 is 2.75 bits per heavy atom. The van der Waals surface area contributed by atoms with Crippen molar-refractivity contribution in [2.24, 2.45) is 0 Å². The molecular formula is C7H9N5. The fraction of sp³-hybridized carbons (Fsp3) is 0.286. The summed E-state index contributed by atoms with van der Waals surface area (Å²) < 4.78 is 1.72. The molecule has 0 fully saturated rings. The van der Waals surface area contributed by atoms with Crippen LogP contribution in [0.1, 0.15) is 11.6 Å². The lowest BCUT2D eigenvalue weighted by molar-refractivity contribution is 0.796. The quantitative estimate of drug-likeness (QED) is 0.670. The molecule has 0 saturated heterocycles. The molecule has 2 aromatic rings. The van der Waals surface area contributed by atoms with Crippen molar-refractivity contribution in [1.82, 2.24) is 25.0 Å². The number of nitrogens with one attached hydrogen (secondary N) is 1. The van der Waals surface area contributed by atoms with E-state index < -0.39 is 0 Å². The maximum Gasteiger partial charge on any atom is 0.151 e. The molecule has 1 N–H and O–H groups in total. The van der Waals surface area contributed by atoms with Crippen molar-refractivity contribution in [2.75, 3.05) is 0 Å². The third-order valence-corrected chi connectivity index (χ3v) is 1.59. The average molecular weight is 163 g/mol. The van der Waals surface area contributed by atoms with Gasteiger partial charge in [0.05, 0.1) is 6.20 Å². The van der Waals surface area contributed by atoms with Crippen LogP contribution in [-0.4, -0.2) is 25.0 Å². The lowest BCUT2D eigenvalue weighted by Gasteiger charge is -1.95. The maximum atomic E-state index is 4.19. The summed E-state index contributed by atoms with van der Waals surface area (Å²) in [7, 11) is 0. The van der Waals surface area contributed by atoms with Gasteiger partial charge in [-0.15, -0.1) is 5.10 Å². The second-order valence-corrected chi connectivity index (χ2v) is 2.56. The Hall–Kier alpha value is -1.65. The molecule has 0 atom stereocenters. The minimum absolute atomic E-state index is 0.766. The minimum Gasteiger partial charge on any atom is -0.261 e. The van der Waals surface area contributed by atoms with Crippen molar-refractivity contribution in [3.8, 4) is 5.82 Å². The van der Waals surface area contributed by atoms with Crippen molar-refractivity contribution >= 4 is 0 Å². The fourth-order valence-corrected chi connectivity index (χ4v) is 1.12. The van der Waals surface area contributed by atoms with Crippen LogP contribution in [0.2, 0.25) is 0 Å². The van der Waals surface area contributed by atoms with Crippen LogP contribution in [-0.2, 0) is 0 Å². The molecule has 5 nitrogen and oxygen atoms in total. The van der Waals surface area contributed by atoms with Crippen LogP contribution in [0.3, 0.4) is 0 Å². The predicted octanol–water partition coefficient (Wildman–Crippen LogP) is 0.607. The van der Waals surface area contributed by atoms with Crippen molar-refractivity contribution in [1.29, 1.82) is 0 Å². The lowest BCUT2D eigenvalue weighted by Crippen LogP contribution is -1.99. The first-order valence-electron chi connectivity index (χ1n) is 3.67. The molecule has 0 aliphatic rings. The number of aryl methyl sites for hydroxylation is 2. The lowest BCUT2D eigenvalue weighted by atomic mass is 10.6. The van der Waals surface area contributed by atoms with Gasteiger partial charge in [0.15, 0.2) is 5.82 Å². The summed E-state index contributed by atoms with van der Waals surface area (Å²) in [5.41, 5.74) is 0. The zero-order chi connectivity index (χ0) is 8.55. The zero-order valence-electron chi connectivity index (χ0n) is 6.94. The fourth-order valence-electron chi connectivity index (χ4n) is 1.12. The van der Waals surface area contributed by atoms with E-state index in [1.54, 1.807) is 10.9 Å². The normalized spacial score (nSPS) is 10.5. The molecule has 0 radical (unpaired) electrons. The van der Waals surface area contributed by atoms with Gasteiger partial charge in [0.1, 0.15) is 11.6 Å². The van der Waals surface area contributed by atoms with Gasteiger partial charge < -0.3 is 0 Å². The number of aromatic amines is 1. The maximum absolute atomic E-state index is 4.19. The van der Waals surface area contributed by atoms with Gasteiger partial charge in [0.25, 0.3) is 0 Å². The predicted molar refractivity (Wildman–Crippen MR) is 43.0 cm³/mol. The Labute approximate surface area is 69.4 Å². The summed E-state index contributed by atoms with van der Waals surface area (Å²) in [4.78, 5) is 4.17. The van der Waals surface area contributed by atoms with Gasteiger partial charge in [0, 0.05) is 6.07 Å². The SMILES string of the molecule is Cc1nc(C)n(-c2ccn[nH]2)n1. The van der Waals surface area contributed by atoms with Gasteiger partial charge in [-0.1, -0.05) is 0 Å². The minimum atomic E-state index is 0.766. The summed E-state index contributed by atoms with van der Waals surface area (Å²) in [6.45, 7) is 3.76. The van der Waals surface area contributed by atoms with E-state index in [-0.39, 0.29) is 0 Å². The molecule has 0 spiro atoms. The average Bonchev–Trinajstić information content (AvgIpc) is 2.58. The van der Waals surface area contributed by atoms with Crippen molar-refractivity contribution in [3.05, 3.63) is 23.9 Å². The van der Waals surface area contributed by atoms with Crippen LogP contribution in [0.4, 0.5) is 0 Å². The van der Waals surface area contributed by atoms with Crippen LogP contribution in [0.25, 0.3) is 5.82 Å². The number of aromatic nitrogens is 5. The van der Waals surface area contributed by atoms with Crippen LogP contribution in [0.5, 0.6) is 0 Å². The Bertz CT molecular complexity index is 372. The molecule has 5 heteroatoms. The van der Waals surface area contributed by atoms with Crippen LogP contribution in [0.15, 0.2) is 12.3 Å². The molecule has 0 bridgehead atoms. The molecule has 2 rings (SSSR count). The molecule has 2 heterocycles. The van der Waals surface area contributed by atoms with Gasteiger partial charge >= 0.3 is 0 Å². The molecule has 12 heavy (non-hydrogen) atoms. The zero-order valence-corrected chi connectivity index (χ0v) is 6.94. The number of H-pyrrole nitrogens is 1. The third kappa shape index (κ3) is 0.990. The molecule has 0 saturated carbocycles. The highest BCUT2D eigenvalue weighted by atomic mass is 15.4. The highest BCUT2D eigenvalue weighted by Crippen LogP contribution is 2.03. The Kier molecular flexibility index (Phi) is 1.43. The summed E-state index contributed by atoms with van der Waals surface area (Å²) >= 11 is 0. The van der Waals surface area contributed by atoms with E-state index in [9.17, 15) is 0 Å². The Balaban J connectivity index is 2.54. The first-order chi connectivity index (χ1) is 5.77. The van der Waals surface area contributed by atoms with Gasteiger partial charge in [-0.2, -0.15) is 5.10 Å². The third-order valence-electron chi connectivity index (χ3n) is 1.59. The largest absolute Gasteiger partial charge is 0.261 e. The highest BCUT2D eigenvalue weighted by molar-refractivity contribution is 5.18. The standard InChI is InChI=1S/C7H9N5/c1-5-9-6(2)12(11-5)7-3-4-8-10-7/h3-4H,1-2H3,(H,8,10). The van der Waals surface area contributed by atoms with E-state index in [1.807, 2.05) is 19.9 Å². The summed E-state index contributed by atoms with van der Waals surface area (Å²) in [5, 5.41) is 10.8. The van der Waals surface area contributed by atoms with Crippen molar-refractivity contribution in [2.45, 2.75) is 13.8 Å². The number of rotatable bonds is 1. The summed E-state index contributed by atoms with van der Waals surface area (Å²) in [6.07, 6.45) is 1.69. The van der Waals surface area contributed by atoms with E-state index in [4.69, 9.17) is 0 Å². The van der Waals surface area contributed by atoms with Crippen molar-refractivity contribution in [3.63, 3.8) is 0 Å². The molecule has 2 aromatic heterocycles. The van der Waals surface area contributed by atoms with Crippen LogP contribution < -0.4 is 0 Å². The first kappa shape index (κ1) is 7.02. The number of nitrogens with zero attached hydrogens (tertiary/aromatic N) is 4. The molecule has 0 unspecified atom stereocenters. The van der Waals surface area contributed by atoms with Crippen LogP contribution in [0, 0.1) is 13.8 Å². The highest BCUT2D eigenvalue weighted by Gasteiger charge is 2.04. The smallest absolute Gasteiger partial charge is 0.151 e. The molecular weight excluding hydrogens is 154 g/mol. The van der Waals surface area contributed by atoms with Gasteiger partial charge in [-0.25, -0.2) is 9.67 Å². The molecule has 0 aliphatic heterocycles. The van der Waals surface area contributed by atoms with E-state index in [2.05, 4.69) is 20.3 Å². The summed E-state index contributed by atoms with van der Waals surface area (Å²) in [6, 6.07) is 1.85. The van der Waals surface area contributed by atoms with Crippen molar-refractivity contribution < 1.29 is 0 Å². The summed E-state index contributed by atoms with van der Waals surface area (Å²) in [5.74, 6) is 2.46. The molecule has 0 aliphatic carbocycles. The van der Waals surface area contributed by atoms with Gasteiger partial charge in [-0.05, 0) is 13.8 Å². The van der Waals surface area contributed by atoms with E-state index in [0.29, 0.717) is 0 Å². The molecule has 0 amide bonds. The van der Waals surface area contributed by atoms with Crippen LogP contribution >= 0.6 is 0 Å². The second-order valence-electron chi connectivity index (χ2n) is 2.56. The van der Waals surface area contributed by atoms with Gasteiger partial charge in [-0.3, -0.25) is 5.10 Å². The molecule has 0 aromatic carbocycles. The number of hydrogen-bond acceptors (Lipinski definition) is 3. The topological polar surface area (TPSA) is 59.4 Å². The Morgan fingerprint density at radius 2 is 2.25 bits per heavy atom. The second kappa shape index (κ2) is 2.44. The van der Waals surface area contributed by atoms with Gasteiger partial charge in [0.2, 0.25) is 0 Å². The van der Waals surface area contributed by atoms with E-state index >= 15 is 0 Å².